The molecule has 1 fully saturated rings. The summed E-state index contributed by atoms with van der Waals surface area (Å²) < 4.78 is 38.0. The molecule has 1 unspecified atom stereocenters. The maximum atomic E-state index is 12.9. The maximum absolute atomic E-state index is 12.9. The molecule has 0 radical (unpaired) electrons. The van der Waals surface area contributed by atoms with Crippen LogP contribution in [-0.4, -0.2) is 52.0 Å². The van der Waals surface area contributed by atoms with Crippen molar-refractivity contribution in [1.29, 1.82) is 0 Å². The van der Waals surface area contributed by atoms with Gasteiger partial charge in [0.2, 0.25) is 15.9 Å². The summed E-state index contributed by atoms with van der Waals surface area (Å²) >= 11 is 5.85. The molecule has 1 N–H and O–H groups in total. The molecule has 0 aliphatic carbocycles. The predicted molar refractivity (Wildman–Crippen MR) is 114 cm³/mol. The summed E-state index contributed by atoms with van der Waals surface area (Å²) in [6.45, 7) is 1.15. The molecule has 0 spiro atoms. The van der Waals surface area contributed by atoms with Crippen LogP contribution in [0.3, 0.4) is 0 Å². The van der Waals surface area contributed by atoms with E-state index in [4.69, 9.17) is 21.1 Å². The van der Waals surface area contributed by atoms with Crippen molar-refractivity contribution in [2.45, 2.75) is 17.7 Å². The van der Waals surface area contributed by atoms with Crippen molar-refractivity contribution >= 4 is 27.5 Å². The van der Waals surface area contributed by atoms with Crippen LogP contribution in [0.15, 0.2) is 53.4 Å². The molecule has 9 heteroatoms. The zero-order valence-electron chi connectivity index (χ0n) is 16.7. The molecule has 7 nitrogen and oxygen atoms in total. The first-order valence-electron chi connectivity index (χ1n) is 9.71. The van der Waals surface area contributed by atoms with Gasteiger partial charge in [-0.15, -0.1) is 0 Å². The largest absolute Gasteiger partial charge is 0.493 e. The highest BCUT2D eigenvalue weighted by Gasteiger charge is 2.33. The molecule has 0 saturated carbocycles. The molecule has 1 saturated heterocycles. The molecule has 3 rings (SSSR count). The van der Waals surface area contributed by atoms with Crippen molar-refractivity contribution in [1.82, 2.24) is 9.62 Å². The molecule has 0 bridgehead atoms. The van der Waals surface area contributed by atoms with E-state index in [1.807, 2.05) is 12.1 Å². The maximum Gasteiger partial charge on any atom is 0.243 e. The van der Waals surface area contributed by atoms with Gasteiger partial charge in [0.25, 0.3) is 0 Å². The lowest BCUT2D eigenvalue weighted by molar-refractivity contribution is -0.126. The van der Waals surface area contributed by atoms with E-state index >= 15 is 0 Å². The minimum absolute atomic E-state index is 0.157. The second kappa shape index (κ2) is 10.1. The van der Waals surface area contributed by atoms with Crippen molar-refractivity contribution in [2.24, 2.45) is 5.92 Å². The number of benzene rings is 2. The van der Waals surface area contributed by atoms with Crippen molar-refractivity contribution in [3.63, 3.8) is 0 Å². The fraction of sp³-hybridized carbons (Fsp3) is 0.381. The molecule has 2 aromatic carbocycles. The molecular formula is C21H25ClN2O5S. The van der Waals surface area contributed by atoms with Crippen LogP contribution in [0.5, 0.6) is 11.5 Å². The lowest BCUT2D eigenvalue weighted by Crippen LogP contribution is -2.45. The molecule has 0 aromatic heterocycles. The van der Waals surface area contributed by atoms with Gasteiger partial charge in [0, 0.05) is 18.1 Å². The third-order valence-electron chi connectivity index (χ3n) is 4.93. The first-order chi connectivity index (χ1) is 14.4. The molecule has 1 aliphatic heterocycles. The number of amides is 1. The van der Waals surface area contributed by atoms with Gasteiger partial charge < -0.3 is 14.8 Å². The van der Waals surface area contributed by atoms with Crippen LogP contribution >= 0.6 is 11.6 Å². The molecular weight excluding hydrogens is 428 g/mol. The second-order valence-corrected chi connectivity index (χ2v) is 9.32. The second-order valence-electron chi connectivity index (χ2n) is 6.95. The Hall–Kier alpha value is -2.29. The van der Waals surface area contributed by atoms with Crippen molar-refractivity contribution in [3.05, 3.63) is 53.6 Å². The van der Waals surface area contributed by atoms with E-state index in [0.717, 1.165) is 0 Å². The van der Waals surface area contributed by atoms with Crippen molar-refractivity contribution in [3.8, 4) is 11.5 Å². The average Bonchev–Trinajstić information content (AvgIpc) is 2.77. The lowest BCUT2D eigenvalue weighted by atomic mass is 9.99. The minimum Gasteiger partial charge on any atom is -0.493 e. The fourth-order valence-corrected chi connectivity index (χ4v) is 5.00. The zero-order valence-corrected chi connectivity index (χ0v) is 18.3. The summed E-state index contributed by atoms with van der Waals surface area (Å²) in [5.41, 5.74) is 0. The van der Waals surface area contributed by atoms with E-state index in [2.05, 4.69) is 5.32 Å². The third-order valence-corrected chi connectivity index (χ3v) is 7.07. The van der Waals surface area contributed by atoms with Gasteiger partial charge in [-0.25, -0.2) is 8.42 Å². The number of ether oxygens (including phenoxy) is 2. The van der Waals surface area contributed by atoms with E-state index in [-0.39, 0.29) is 24.0 Å². The van der Waals surface area contributed by atoms with Crippen molar-refractivity contribution in [2.75, 3.05) is 33.4 Å². The topological polar surface area (TPSA) is 84.9 Å². The Morgan fingerprint density at radius 2 is 1.87 bits per heavy atom. The number of piperidine rings is 1. The number of nitrogens with zero attached hydrogens (tertiary/aromatic N) is 1. The number of sulfonamides is 1. The van der Waals surface area contributed by atoms with Gasteiger partial charge in [-0.1, -0.05) is 23.7 Å². The van der Waals surface area contributed by atoms with Crippen LogP contribution in [-0.2, 0) is 14.8 Å². The number of carbonyl (C=O) groups excluding carboxylic acids is 1. The summed E-state index contributed by atoms with van der Waals surface area (Å²) in [7, 11) is -2.09. The summed E-state index contributed by atoms with van der Waals surface area (Å²) in [5.74, 6) is 0.660. The number of para-hydroxylation sites is 2. The molecule has 1 aliphatic rings. The van der Waals surface area contributed by atoms with Gasteiger partial charge >= 0.3 is 0 Å². The van der Waals surface area contributed by atoms with Crippen LogP contribution in [0.1, 0.15) is 12.8 Å². The Labute approximate surface area is 182 Å². The number of nitrogens with one attached hydrogen (secondary N) is 1. The SMILES string of the molecule is COc1ccccc1OCCNC(=O)C1CCCN(S(=O)(=O)c2ccc(Cl)cc2)C1. The van der Waals surface area contributed by atoms with Crippen LogP contribution in [0, 0.1) is 5.92 Å². The van der Waals surface area contributed by atoms with Gasteiger partial charge in [-0.3, -0.25) is 4.79 Å². The zero-order chi connectivity index (χ0) is 21.6. The number of carbonyl (C=O) groups is 1. The normalized spacial score (nSPS) is 17.3. The molecule has 30 heavy (non-hydrogen) atoms. The summed E-state index contributed by atoms with van der Waals surface area (Å²) in [5, 5.41) is 3.31. The van der Waals surface area contributed by atoms with Gasteiger partial charge in [0.05, 0.1) is 24.5 Å². The quantitative estimate of drug-likeness (QED) is 0.622. The predicted octanol–water partition coefficient (Wildman–Crippen LogP) is 2.94. The molecule has 162 valence electrons. The standard InChI is InChI=1S/C21H25ClN2O5S/c1-28-19-6-2-3-7-20(19)29-14-12-23-21(25)16-5-4-13-24(15-16)30(26,27)18-10-8-17(22)9-11-18/h2-3,6-11,16H,4-5,12-15H2,1H3,(H,23,25). The molecule has 1 amide bonds. The number of hydrogen-bond acceptors (Lipinski definition) is 5. The van der Waals surface area contributed by atoms with Gasteiger partial charge in [-0.05, 0) is 49.2 Å². The van der Waals surface area contributed by atoms with E-state index in [1.165, 1.54) is 16.4 Å². The number of rotatable bonds is 8. The monoisotopic (exact) mass is 452 g/mol. The minimum atomic E-state index is -3.66. The highest BCUT2D eigenvalue weighted by molar-refractivity contribution is 7.89. The Balaban J connectivity index is 1.52. The molecule has 1 atom stereocenters. The Morgan fingerprint density at radius 3 is 2.57 bits per heavy atom. The van der Waals surface area contributed by atoms with Crippen molar-refractivity contribution < 1.29 is 22.7 Å². The van der Waals surface area contributed by atoms with Gasteiger partial charge in [0.1, 0.15) is 6.61 Å². The summed E-state index contributed by atoms with van der Waals surface area (Å²) in [4.78, 5) is 12.7. The lowest BCUT2D eigenvalue weighted by Gasteiger charge is -2.31. The van der Waals surface area contributed by atoms with Crippen LogP contribution in [0.2, 0.25) is 5.02 Å². The first-order valence-corrected chi connectivity index (χ1v) is 11.5. The van der Waals surface area contributed by atoms with Crippen LogP contribution in [0.25, 0.3) is 0 Å². The Morgan fingerprint density at radius 1 is 1.17 bits per heavy atom. The Bertz CT molecular complexity index is 966. The highest BCUT2D eigenvalue weighted by atomic mass is 35.5. The van der Waals surface area contributed by atoms with Gasteiger partial charge in [0.15, 0.2) is 11.5 Å². The van der Waals surface area contributed by atoms with E-state index in [0.29, 0.717) is 42.5 Å². The van der Waals surface area contributed by atoms with Crippen LogP contribution in [0.4, 0.5) is 0 Å². The van der Waals surface area contributed by atoms with E-state index in [1.54, 1.807) is 31.4 Å². The number of methoxy groups -OCH3 is 1. The number of halogens is 1. The van der Waals surface area contributed by atoms with Crippen LogP contribution < -0.4 is 14.8 Å². The fourth-order valence-electron chi connectivity index (χ4n) is 3.35. The third kappa shape index (κ3) is 5.44. The molecule has 1 heterocycles. The smallest absolute Gasteiger partial charge is 0.243 e. The van der Waals surface area contributed by atoms with E-state index in [9.17, 15) is 13.2 Å². The van der Waals surface area contributed by atoms with E-state index < -0.39 is 15.9 Å². The molecule has 2 aromatic rings. The number of hydrogen-bond donors (Lipinski definition) is 1. The first kappa shape index (κ1) is 22.4. The van der Waals surface area contributed by atoms with Gasteiger partial charge in [-0.2, -0.15) is 4.31 Å². The Kier molecular flexibility index (Phi) is 7.58. The summed E-state index contributed by atoms with van der Waals surface area (Å²) in [6.07, 6.45) is 1.27. The highest BCUT2D eigenvalue weighted by Crippen LogP contribution is 2.26. The average molecular weight is 453 g/mol. The summed E-state index contributed by atoms with van der Waals surface area (Å²) in [6, 6.07) is 13.3.